The largest absolute Gasteiger partial charge is 0.468 e. The van der Waals surface area contributed by atoms with E-state index in [0.29, 0.717) is 25.3 Å². The van der Waals surface area contributed by atoms with Crippen molar-refractivity contribution in [2.45, 2.75) is 19.6 Å². The normalized spacial score (nSPS) is 11.2. The van der Waals surface area contributed by atoms with Crippen molar-refractivity contribution >= 4 is 0 Å². The molecule has 0 aliphatic carbocycles. The van der Waals surface area contributed by atoms with Crippen LogP contribution in [0.25, 0.3) is 5.69 Å². The first-order valence-corrected chi connectivity index (χ1v) is 8.94. The van der Waals surface area contributed by atoms with E-state index < -0.39 is 11.6 Å². The maximum absolute atomic E-state index is 14.3. The van der Waals surface area contributed by atoms with E-state index in [2.05, 4.69) is 9.88 Å². The first-order chi connectivity index (χ1) is 13.7. The molecule has 0 N–H and O–H groups in total. The molecule has 0 saturated heterocycles. The minimum absolute atomic E-state index is 0.320. The number of hydrogen-bond acceptors (Lipinski definition) is 3. The molecule has 0 aliphatic heterocycles. The van der Waals surface area contributed by atoms with E-state index in [1.807, 2.05) is 42.6 Å². The van der Waals surface area contributed by atoms with Crippen molar-refractivity contribution in [3.63, 3.8) is 0 Å². The third-order valence-electron chi connectivity index (χ3n) is 4.48. The molecule has 1 aromatic carbocycles. The van der Waals surface area contributed by atoms with E-state index >= 15 is 0 Å². The second-order valence-electron chi connectivity index (χ2n) is 6.55. The molecular formula is C22H19F2N3O. The van der Waals surface area contributed by atoms with Crippen LogP contribution in [0.4, 0.5) is 8.78 Å². The van der Waals surface area contributed by atoms with Crippen LogP contribution in [0, 0.1) is 11.6 Å². The summed E-state index contributed by atoms with van der Waals surface area (Å²) in [5.74, 6) is -0.344. The summed E-state index contributed by atoms with van der Waals surface area (Å²) in [7, 11) is 0. The third kappa shape index (κ3) is 4.18. The molecule has 0 fully saturated rings. The molecule has 0 saturated carbocycles. The molecule has 0 radical (unpaired) electrons. The number of rotatable bonds is 7. The maximum Gasteiger partial charge on any atom is 0.150 e. The Bertz CT molecular complexity index is 1030. The summed E-state index contributed by atoms with van der Waals surface area (Å²) in [6.45, 7) is 1.81. The molecule has 28 heavy (non-hydrogen) atoms. The summed E-state index contributed by atoms with van der Waals surface area (Å²) in [5.41, 5.74) is 2.28. The lowest BCUT2D eigenvalue weighted by atomic mass is 10.2. The van der Waals surface area contributed by atoms with Gasteiger partial charge in [-0.25, -0.2) is 8.78 Å². The topological polar surface area (TPSA) is 34.2 Å². The Kier molecular flexibility index (Phi) is 5.30. The number of nitrogens with zero attached hydrogens (tertiary/aromatic N) is 3. The SMILES string of the molecule is Fc1ccc(-n2cccc2CN(Cc2cccnc2)Cc2ccco2)c(F)c1. The monoisotopic (exact) mass is 379 g/mol. The highest BCUT2D eigenvalue weighted by Crippen LogP contribution is 2.20. The summed E-state index contributed by atoms with van der Waals surface area (Å²) in [6, 6.07) is 15.1. The highest BCUT2D eigenvalue weighted by molar-refractivity contribution is 5.37. The number of hydrogen-bond donors (Lipinski definition) is 0. The zero-order valence-corrected chi connectivity index (χ0v) is 15.1. The fourth-order valence-electron chi connectivity index (χ4n) is 3.23. The molecular weight excluding hydrogens is 360 g/mol. The van der Waals surface area contributed by atoms with Crippen LogP contribution in [0.5, 0.6) is 0 Å². The first kappa shape index (κ1) is 18.1. The van der Waals surface area contributed by atoms with Crippen molar-refractivity contribution in [2.24, 2.45) is 0 Å². The standard InChI is InChI=1S/C22H19F2N3O/c23-18-7-8-22(21(24)12-18)27-10-2-5-19(27)15-26(16-20-6-3-11-28-20)14-17-4-1-9-25-13-17/h1-13H,14-16H2. The van der Waals surface area contributed by atoms with E-state index in [4.69, 9.17) is 4.42 Å². The van der Waals surface area contributed by atoms with Gasteiger partial charge >= 0.3 is 0 Å². The van der Waals surface area contributed by atoms with Gasteiger partial charge in [0.05, 0.1) is 18.5 Å². The molecule has 0 bridgehead atoms. The van der Waals surface area contributed by atoms with Gasteiger partial charge < -0.3 is 8.98 Å². The van der Waals surface area contributed by atoms with Gasteiger partial charge in [0.15, 0.2) is 0 Å². The van der Waals surface area contributed by atoms with Crippen LogP contribution in [0.1, 0.15) is 17.0 Å². The lowest BCUT2D eigenvalue weighted by Crippen LogP contribution is -2.23. The molecule has 0 unspecified atom stereocenters. The van der Waals surface area contributed by atoms with Crippen molar-refractivity contribution in [1.82, 2.24) is 14.5 Å². The summed E-state index contributed by atoms with van der Waals surface area (Å²) in [5, 5.41) is 0. The average Bonchev–Trinajstić information content (AvgIpc) is 3.35. The van der Waals surface area contributed by atoms with Crippen LogP contribution < -0.4 is 0 Å². The van der Waals surface area contributed by atoms with Gasteiger partial charge in [0.1, 0.15) is 17.4 Å². The van der Waals surface area contributed by atoms with Crippen molar-refractivity contribution in [3.8, 4) is 5.69 Å². The second kappa shape index (κ2) is 8.19. The maximum atomic E-state index is 14.3. The minimum Gasteiger partial charge on any atom is -0.468 e. The van der Waals surface area contributed by atoms with E-state index in [9.17, 15) is 8.78 Å². The fraction of sp³-hybridized carbons (Fsp3) is 0.136. The molecule has 0 atom stereocenters. The molecule has 6 heteroatoms. The summed E-state index contributed by atoms with van der Waals surface area (Å²) < 4.78 is 34.8. The number of aromatic nitrogens is 2. The van der Waals surface area contributed by atoms with Gasteiger partial charge in [-0.2, -0.15) is 0 Å². The first-order valence-electron chi connectivity index (χ1n) is 8.94. The highest BCUT2D eigenvalue weighted by atomic mass is 19.1. The van der Waals surface area contributed by atoms with Gasteiger partial charge in [0, 0.05) is 43.4 Å². The van der Waals surface area contributed by atoms with Gasteiger partial charge in [-0.3, -0.25) is 9.88 Å². The summed E-state index contributed by atoms with van der Waals surface area (Å²) >= 11 is 0. The Morgan fingerprint density at radius 2 is 1.89 bits per heavy atom. The Labute approximate surface area is 161 Å². The minimum atomic E-state index is -0.595. The Morgan fingerprint density at radius 3 is 2.64 bits per heavy atom. The Hall–Kier alpha value is -3.25. The van der Waals surface area contributed by atoms with E-state index in [1.54, 1.807) is 23.2 Å². The number of benzene rings is 1. The quantitative estimate of drug-likeness (QED) is 0.456. The van der Waals surface area contributed by atoms with Gasteiger partial charge in [-0.15, -0.1) is 0 Å². The van der Waals surface area contributed by atoms with Crippen LogP contribution in [-0.2, 0) is 19.6 Å². The van der Waals surface area contributed by atoms with Crippen LogP contribution in [-0.4, -0.2) is 14.5 Å². The fourth-order valence-corrected chi connectivity index (χ4v) is 3.23. The van der Waals surface area contributed by atoms with Crippen molar-refractivity contribution in [1.29, 1.82) is 0 Å². The number of halogens is 2. The molecule has 4 aromatic rings. The van der Waals surface area contributed by atoms with E-state index in [1.165, 1.54) is 12.1 Å². The number of furan rings is 1. The molecule has 3 aromatic heterocycles. The summed E-state index contributed by atoms with van der Waals surface area (Å²) in [4.78, 5) is 6.36. The van der Waals surface area contributed by atoms with E-state index in [0.717, 1.165) is 23.1 Å². The lowest BCUT2D eigenvalue weighted by Gasteiger charge is -2.22. The smallest absolute Gasteiger partial charge is 0.150 e. The van der Waals surface area contributed by atoms with Gasteiger partial charge in [0.2, 0.25) is 0 Å². The highest BCUT2D eigenvalue weighted by Gasteiger charge is 2.15. The van der Waals surface area contributed by atoms with Gasteiger partial charge in [-0.1, -0.05) is 6.07 Å². The van der Waals surface area contributed by atoms with Crippen molar-refractivity contribution < 1.29 is 13.2 Å². The van der Waals surface area contributed by atoms with Crippen LogP contribution in [0.15, 0.2) is 83.9 Å². The zero-order chi connectivity index (χ0) is 19.3. The van der Waals surface area contributed by atoms with Crippen molar-refractivity contribution in [2.75, 3.05) is 0 Å². The zero-order valence-electron chi connectivity index (χ0n) is 15.1. The lowest BCUT2D eigenvalue weighted by molar-refractivity contribution is 0.223. The van der Waals surface area contributed by atoms with E-state index in [-0.39, 0.29) is 0 Å². The summed E-state index contributed by atoms with van der Waals surface area (Å²) in [6.07, 6.45) is 6.99. The molecule has 142 valence electrons. The average molecular weight is 379 g/mol. The van der Waals surface area contributed by atoms with Crippen LogP contribution in [0.2, 0.25) is 0 Å². The molecule has 0 spiro atoms. The molecule has 0 aliphatic rings. The molecule has 4 rings (SSSR count). The van der Waals surface area contributed by atoms with Crippen LogP contribution in [0.3, 0.4) is 0 Å². The second-order valence-corrected chi connectivity index (χ2v) is 6.55. The Balaban J connectivity index is 1.61. The predicted molar refractivity (Wildman–Crippen MR) is 102 cm³/mol. The van der Waals surface area contributed by atoms with Crippen LogP contribution >= 0.6 is 0 Å². The third-order valence-corrected chi connectivity index (χ3v) is 4.48. The Morgan fingerprint density at radius 1 is 0.964 bits per heavy atom. The molecule has 3 heterocycles. The van der Waals surface area contributed by atoms with Gasteiger partial charge in [0.25, 0.3) is 0 Å². The van der Waals surface area contributed by atoms with Crippen molar-refractivity contribution in [3.05, 3.63) is 108 Å². The molecule has 0 amide bonds. The van der Waals surface area contributed by atoms with Gasteiger partial charge in [-0.05, 0) is 48.0 Å². The number of pyridine rings is 1. The predicted octanol–water partition coefficient (Wildman–Crippen LogP) is 4.95. The molecule has 4 nitrogen and oxygen atoms in total.